The fourth-order valence-corrected chi connectivity index (χ4v) is 2.01. The standard InChI is InChI=1S/C8H16O13P2/c9-1-5(10)2-20-23(17,18)21-4-7(12)8(13)6(11)3-19-22(14,15)16/h1,5-6,8,10-11,13H,2-4H2,(H,17,18)(H2,14,15,16)/t5?,6-,8+/m1/s1. The van der Waals surface area contributed by atoms with E-state index in [4.69, 9.17) is 19.8 Å². The van der Waals surface area contributed by atoms with Crippen LogP contribution in [0.3, 0.4) is 0 Å². The molecule has 0 radical (unpaired) electrons. The molecular formula is C8H16O13P2. The first-order valence-corrected chi connectivity index (χ1v) is 8.74. The highest BCUT2D eigenvalue weighted by molar-refractivity contribution is 7.47. The van der Waals surface area contributed by atoms with Gasteiger partial charge in [-0.2, -0.15) is 0 Å². The van der Waals surface area contributed by atoms with Gasteiger partial charge in [-0.1, -0.05) is 0 Å². The SMILES string of the molecule is O=CC(O)COP(=O)(O)OCC(=O)[C@@H](O)[C@H](O)COP(=O)(O)O. The quantitative estimate of drug-likeness (QED) is 0.147. The molecule has 15 heteroatoms. The van der Waals surface area contributed by atoms with Gasteiger partial charge in [0, 0.05) is 0 Å². The first-order valence-electron chi connectivity index (χ1n) is 5.72. The van der Waals surface area contributed by atoms with Crippen LogP contribution in [0, 0.1) is 0 Å². The summed E-state index contributed by atoms with van der Waals surface area (Å²) >= 11 is 0. The predicted octanol–water partition coefficient (Wildman–Crippen LogP) is -2.92. The van der Waals surface area contributed by atoms with Crippen molar-refractivity contribution in [3.63, 3.8) is 0 Å². The highest BCUT2D eigenvalue weighted by Crippen LogP contribution is 2.43. The Morgan fingerprint density at radius 3 is 2.04 bits per heavy atom. The van der Waals surface area contributed by atoms with E-state index in [1.807, 2.05) is 0 Å². The van der Waals surface area contributed by atoms with Crippen LogP contribution in [0.2, 0.25) is 0 Å². The van der Waals surface area contributed by atoms with Crippen LogP contribution in [0.5, 0.6) is 0 Å². The zero-order valence-electron chi connectivity index (χ0n) is 11.4. The van der Waals surface area contributed by atoms with Crippen LogP contribution in [-0.2, 0) is 32.3 Å². The summed E-state index contributed by atoms with van der Waals surface area (Å²) in [5, 5.41) is 27.4. The molecule has 0 saturated heterocycles. The molecule has 136 valence electrons. The summed E-state index contributed by atoms with van der Waals surface area (Å²) in [6, 6.07) is 0. The molecule has 0 amide bonds. The van der Waals surface area contributed by atoms with Gasteiger partial charge in [0.1, 0.15) is 24.9 Å². The molecule has 4 atom stereocenters. The lowest BCUT2D eigenvalue weighted by Crippen LogP contribution is -2.38. The molecule has 6 N–H and O–H groups in total. The first kappa shape index (κ1) is 22.4. The van der Waals surface area contributed by atoms with E-state index in [1.165, 1.54) is 0 Å². The molecule has 0 aliphatic carbocycles. The van der Waals surface area contributed by atoms with Crippen molar-refractivity contribution in [3.05, 3.63) is 0 Å². The highest BCUT2D eigenvalue weighted by atomic mass is 31.2. The molecule has 0 aromatic heterocycles. The van der Waals surface area contributed by atoms with Gasteiger partial charge < -0.3 is 34.8 Å². The van der Waals surface area contributed by atoms with Crippen molar-refractivity contribution in [2.75, 3.05) is 19.8 Å². The second-order valence-corrected chi connectivity index (χ2v) is 6.70. The number of ketones is 1. The molecule has 0 bridgehead atoms. The number of Topliss-reactive ketones (excluding diaryl/α,β-unsaturated/α-hetero) is 1. The smallest absolute Gasteiger partial charge is 0.388 e. The maximum atomic E-state index is 11.4. The molecule has 0 spiro atoms. The predicted molar refractivity (Wildman–Crippen MR) is 68.8 cm³/mol. The van der Waals surface area contributed by atoms with Crippen molar-refractivity contribution in [1.29, 1.82) is 0 Å². The number of carbonyl (C=O) groups excluding carboxylic acids is 2. The molecule has 0 saturated carbocycles. The average Bonchev–Trinajstić information content (AvgIpc) is 2.46. The summed E-state index contributed by atoms with van der Waals surface area (Å²) < 4.78 is 33.8. The van der Waals surface area contributed by atoms with Crippen molar-refractivity contribution in [1.82, 2.24) is 0 Å². The Bertz CT molecular complexity index is 486. The number of hydrogen-bond donors (Lipinski definition) is 6. The lowest BCUT2D eigenvalue weighted by atomic mass is 10.1. The number of phosphoric ester groups is 2. The van der Waals surface area contributed by atoms with Gasteiger partial charge >= 0.3 is 15.6 Å². The fourth-order valence-electron chi connectivity index (χ4n) is 0.957. The molecule has 0 aliphatic rings. The second-order valence-electron chi connectivity index (χ2n) is 4.01. The van der Waals surface area contributed by atoms with Gasteiger partial charge in [0.15, 0.2) is 12.1 Å². The maximum absolute atomic E-state index is 11.4. The molecule has 23 heavy (non-hydrogen) atoms. The van der Waals surface area contributed by atoms with Gasteiger partial charge in [0.2, 0.25) is 0 Å². The zero-order valence-corrected chi connectivity index (χ0v) is 13.2. The van der Waals surface area contributed by atoms with Gasteiger partial charge in [-0.25, -0.2) is 9.13 Å². The van der Waals surface area contributed by atoms with Gasteiger partial charge in [-0.05, 0) is 0 Å². The third kappa shape index (κ3) is 10.8. The van der Waals surface area contributed by atoms with E-state index in [2.05, 4.69) is 13.6 Å². The molecule has 0 aliphatic heterocycles. The average molecular weight is 382 g/mol. The number of aliphatic hydroxyl groups is 3. The molecule has 0 fully saturated rings. The second kappa shape index (κ2) is 9.67. The van der Waals surface area contributed by atoms with E-state index >= 15 is 0 Å². The van der Waals surface area contributed by atoms with E-state index < -0.39 is 59.6 Å². The summed E-state index contributed by atoms with van der Waals surface area (Å²) in [6.45, 7) is -3.18. The third-order valence-electron chi connectivity index (χ3n) is 2.04. The summed E-state index contributed by atoms with van der Waals surface area (Å²) in [5.74, 6) is -1.32. The number of hydrogen-bond acceptors (Lipinski definition) is 10. The molecule has 0 aromatic carbocycles. The minimum absolute atomic E-state index is 0.0201. The topological polar surface area (TPSA) is 217 Å². The number of aldehydes is 1. The Morgan fingerprint density at radius 2 is 1.57 bits per heavy atom. The Kier molecular flexibility index (Phi) is 9.43. The van der Waals surface area contributed by atoms with Crippen LogP contribution in [0.25, 0.3) is 0 Å². The number of aliphatic hydroxyl groups excluding tert-OH is 3. The largest absolute Gasteiger partial charge is 0.472 e. The maximum Gasteiger partial charge on any atom is 0.472 e. The number of rotatable bonds is 12. The van der Waals surface area contributed by atoms with Crippen LogP contribution < -0.4 is 0 Å². The van der Waals surface area contributed by atoms with Gasteiger partial charge in [-0.15, -0.1) is 0 Å². The Balaban J connectivity index is 4.33. The van der Waals surface area contributed by atoms with Crippen LogP contribution in [0.15, 0.2) is 0 Å². The minimum Gasteiger partial charge on any atom is -0.388 e. The zero-order chi connectivity index (χ0) is 18.3. The van der Waals surface area contributed by atoms with E-state index in [-0.39, 0.29) is 6.29 Å². The summed E-state index contributed by atoms with van der Waals surface area (Å²) in [6.07, 6.45) is -5.92. The fraction of sp³-hybridized carbons (Fsp3) is 0.750. The Hall–Kier alpha value is -0.560. The summed E-state index contributed by atoms with van der Waals surface area (Å²) in [5.41, 5.74) is 0. The first-order chi connectivity index (χ1) is 10.4. The van der Waals surface area contributed by atoms with Crippen LogP contribution in [-0.4, -0.2) is 80.2 Å². The van der Waals surface area contributed by atoms with Gasteiger partial charge in [0.25, 0.3) is 0 Å². The van der Waals surface area contributed by atoms with Crippen molar-refractivity contribution < 1.29 is 62.3 Å². The van der Waals surface area contributed by atoms with Gasteiger partial charge in [-0.3, -0.25) is 18.4 Å². The molecule has 2 unspecified atom stereocenters. The lowest BCUT2D eigenvalue weighted by Gasteiger charge is -2.18. The molecule has 0 heterocycles. The van der Waals surface area contributed by atoms with E-state index in [0.29, 0.717) is 0 Å². The normalized spacial score (nSPS) is 18.7. The molecular weight excluding hydrogens is 366 g/mol. The van der Waals surface area contributed by atoms with Crippen LogP contribution in [0.4, 0.5) is 0 Å². The van der Waals surface area contributed by atoms with E-state index in [9.17, 15) is 28.9 Å². The molecule has 0 rings (SSSR count). The van der Waals surface area contributed by atoms with E-state index in [0.717, 1.165) is 0 Å². The Morgan fingerprint density at radius 1 is 1.00 bits per heavy atom. The number of carbonyl (C=O) groups is 2. The van der Waals surface area contributed by atoms with Crippen molar-refractivity contribution in [2.24, 2.45) is 0 Å². The highest BCUT2D eigenvalue weighted by Gasteiger charge is 2.30. The molecule has 13 nitrogen and oxygen atoms in total. The van der Waals surface area contributed by atoms with Crippen molar-refractivity contribution in [3.8, 4) is 0 Å². The molecule has 0 aromatic rings. The summed E-state index contributed by atoms with van der Waals surface area (Å²) in [7, 11) is -9.74. The van der Waals surface area contributed by atoms with Crippen LogP contribution >= 0.6 is 15.6 Å². The van der Waals surface area contributed by atoms with Crippen molar-refractivity contribution in [2.45, 2.75) is 18.3 Å². The third-order valence-corrected chi connectivity index (χ3v) is 3.46. The van der Waals surface area contributed by atoms with Crippen LogP contribution in [0.1, 0.15) is 0 Å². The lowest BCUT2D eigenvalue weighted by molar-refractivity contribution is -0.137. The Labute approximate surface area is 129 Å². The minimum atomic E-state index is -4.92. The van der Waals surface area contributed by atoms with Crippen molar-refractivity contribution >= 4 is 27.7 Å². The summed E-state index contributed by atoms with van der Waals surface area (Å²) in [4.78, 5) is 47.3. The van der Waals surface area contributed by atoms with Gasteiger partial charge in [0.05, 0.1) is 13.2 Å². The monoisotopic (exact) mass is 382 g/mol. The van der Waals surface area contributed by atoms with E-state index in [1.54, 1.807) is 0 Å². The number of phosphoric acid groups is 2.